The van der Waals surface area contributed by atoms with Crippen LogP contribution >= 0.6 is 11.6 Å². The highest BCUT2D eigenvalue weighted by Gasteiger charge is 2.25. The van der Waals surface area contributed by atoms with E-state index < -0.39 is 0 Å². The molecule has 1 saturated heterocycles. The lowest BCUT2D eigenvalue weighted by Crippen LogP contribution is -2.31. The Labute approximate surface area is 107 Å². The fourth-order valence-electron chi connectivity index (χ4n) is 2.22. The summed E-state index contributed by atoms with van der Waals surface area (Å²) in [7, 11) is 4.21. The van der Waals surface area contributed by atoms with Crippen molar-refractivity contribution in [3.8, 4) is 6.07 Å². The lowest BCUT2D eigenvalue weighted by molar-refractivity contribution is 0.315. The number of anilines is 1. The van der Waals surface area contributed by atoms with Gasteiger partial charge in [-0.3, -0.25) is 0 Å². The second-order valence-corrected chi connectivity index (χ2v) is 5.04. The Bertz CT molecular complexity index is 450. The van der Waals surface area contributed by atoms with E-state index in [0.717, 1.165) is 25.2 Å². The standard InChI is InChI=1S/C13H16ClN3/c1-16(2)11-5-6-17(9-11)13-4-3-10(8-15)7-12(13)14/h3-4,7,11H,5-6,9H2,1-2H3. The molecule has 90 valence electrons. The predicted molar refractivity (Wildman–Crippen MR) is 70.5 cm³/mol. The highest BCUT2D eigenvalue weighted by Crippen LogP contribution is 2.30. The zero-order chi connectivity index (χ0) is 12.4. The van der Waals surface area contributed by atoms with Crippen molar-refractivity contribution in [3.63, 3.8) is 0 Å². The van der Waals surface area contributed by atoms with Crippen molar-refractivity contribution in [1.29, 1.82) is 5.26 Å². The van der Waals surface area contributed by atoms with Crippen LogP contribution in [0.2, 0.25) is 5.02 Å². The minimum Gasteiger partial charge on any atom is -0.369 e. The Hall–Kier alpha value is -1.24. The van der Waals surface area contributed by atoms with Crippen LogP contribution in [-0.2, 0) is 0 Å². The lowest BCUT2D eigenvalue weighted by atomic mass is 10.2. The van der Waals surface area contributed by atoms with Crippen LogP contribution in [0.1, 0.15) is 12.0 Å². The van der Waals surface area contributed by atoms with Gasteiger partial charge in [-0.2, -0.15) is 5.26 Å². The molecule has 2 rings (SSSR count). The topological polar surface area (TPSA) is 30.3 Å². The Balaban J connectivity index is 2.17. The predicted octanol–water partition coefficient (Wildman–Crippen LogP) is 2.35. The highest BCUT2D eigenvalue weighted by atomic mass is 35.5. The van der Waals surface area contributed by atoms with Gasteiger partial charge in [-0.15, -0.1) is 0 Å². The molecule has 17 heavy (non-hydrogen) atoms. The van der Waals surface area contributed by atoms with Gasteiger partial charge in [0.15, 0.2) is 0 Å². The summed E-state index contributed by atoms with van der Waals surface area (Å²) >= 11 is 6.21. The Morgan fingerprint density at radius 2 is 2.24 bits per heavy atom. The third-order valence-corrected chi connectivity index (χ3v) is 3.61. The van der Waals surface area contributed by atoms with Crippen LogP contribution in [0.15, 0.2) is 18.2 Å². The van der Waals surface area contributed by atoms with E-state index in [1.54, 1.807) is 6.07 Å². The van der Waals surface area contributed by atoms with Gasteiger partial charge in [0.1, 0.15) is 0 Å². The highest BCUT2D eigenvalue weighted by molar-refractivity contribution is 6.33. The van der Waals surface area contributed by atoms with Gasteiger partial charge < -0.3 is 9.80 Å². The summed E-state index contributed by atoms with van der Waals surface area (Å²) in [5.41, 5.74) is 1.65. The number of hydrogen-bond acceptors (Lipinski definition) is 3. The van der Waals surface area contributed by atoms with Crippen LogP contribution in [0.25, 0.3) is 0 Å². The third-order valence-electron chi connectivity index (χ3n) is 3.31. The summed E-state index contributed by atoms with van der Waals surface area (Å²) in [6, 6.07) is 8.19. The van der Waals surface area contributed by atoms with Crippen LogP contribution in [0.5, 0.6) is 0 Å². The summed E-state index contributed by atoms with van der Waals surface area (Å²) < 4.78 is 0. The quantitative estimate of drug-likeness (QED) is 0.806. The molecule has 3 nitrogen and oxygen atoms in total. The van der Waals surface area contributed by atoms with E-state index in [-0.39, 0.29) is 0 Å². The molecule has 1 aromatic rings. The van der Waals surface area contributed by atoms with Gasteiger partial charge in [-0.1, -0.05) is 11.6 Å². The van der Waals surface area contributed by atoms with Gasteiger partial charge in [0.25, 0.3) is 0 Å². The smallest absolute Gasteiger partial charge is 0.0992 e. The van der Waals surface area contributed by atoms with Gasteiger partial charge >= 0.3 is 0 Å². The molecule has 0 bridgehead atoms. The van der Waals surface area contributed by atoms with Crippen molar-refractivity contribution < 1.29 is 0 Å². The van der Waals surface area contributed by atoms with Gasteiger partial charge in [-0.05, 0) is 38.7 Å². The fourth-order valence-corrected chi connectivity index (χ4v) is 2.52. The molecule has 1 unspecified atom stereocenters. The van der Waals surface area contributed by atoms with Crippen molar-refractivity contribution in [2.45, 2.75) is 12.5 Å². The second-order valence-electron chi connectivity index (χ2n) is 4.63. The first-order valence-electron chi connectivity index (χ1n) is 5.73. The molecule has 4 heteroatoms. The number of nitrogens with zero attached hydrogens (tertiary/aromatic N) is 3. The van der Waals surface area contributed by atoms with Crippen LogP contribution < -0.4 is 4.90 Å². The van der Waals surface area contributed by atoms with Crippen LogP contribution in [0.4, 0.5) is 5.69 Å². The van der Waals surface area contributed by atoms with Crippen LogP contribution in [0.3, 0.4) is 0 Å². The number of hydrogen-bond donors (Lipinski definition) is 0. The minimum atomic E-state index is 0.585. The first-order chi connectivity index (χ1) is 8.11. The number of rotatable bonds is 2. The summed E-state index contributed by atoms with van der Waals surface area (Å²) in [6.07, 6.45) is 1.16. The number of likely N-dealkylation sites (N-methyl/N-ethyl adjacent to an activating group) is 1. The molecule has 1 heterocycles. The first kappa shape index (κ1) is 12.2. The van der Waals surface area contributed by atoms with E-state index in [1.165, 1.54) is 0 Å². The molecule has 0 spiro atoms. The Kier molecular flexibility index (Phi) is 3.56. The monoisotopic (exact) mass is 249 g/mol. The molecule has 0 aliphatic carbocycles. The lowest BCUT2D eigenvalue weighted by Gasteiger charge is -2.22. The van der Waals surface area contributed by atoms with Crippen molar-refractivity contribution in [1.82, 2.24) is 4.90 Å². The number of halogens is 1. The molecule has 1 fully saturated rings. The van der Waals surface area contributed by atoms with E-state index in [9.17, 15) is 0 Å². The molecule has 1 aliphatic heterocycles. The molecule has 0 aromatic heterocycles. The fraction of sp³-hybridized carbons (Fsp3) is 0.462. The average molecular weight is 250 g/mol. The zero-order valence-corrected chi connectivity index (χ0v) is 10.9. The molecule has 1 atom stereocenters. The zero-order valence-electron chi connectivity index (χ0n) is 10.2. The van der Waals surface area contributed by atoms with E-state index in [0.29, 0.717) is 16.6 Å². The van der Waals surface area contributed by atoms with Crippen molar-refractivity contribution in [2.75, 3.05) is 32.1 Å². The van der Waals surface area contributed by atoms with Gasteiger partial charge in [0, 0.05) is 19.1 Å². The van der Waals surface area contributed by atoms with E-state index >= 15 is 0 Å². The number of nitriles is 1. The molecule has 1 aromatic carbocycles. The van der Waals surface area contributed by atoms with Gasteiger partial charge in [0.2, 0.25) is 0 Å². The minimum absolute atomic E-state index is 0.585. The normalized spacial score (nSPS) is 19.7. The Morgan fingerprint density at radius 3 is 2.76 bits per heavy atom. The van der Waals surface area contributed by atoms with E-state index in [1.807, 2.05) is 12.1 Å². The van der Waals surface area contributed by atoms with Gasteiger partial charge in [-0.25, -0.2) is 0 Å². The SMILES string of the molecule is CN(C)C1CCN(c2ccc(C#N)cc2Cl)C1. The summed E-state index contributed by atoms with van der Waals surface area (Å²) in [4.78, 5) is 4.53. The van der Waals surface area contributed by atoms with Crippen LogP contribution in [0, 0.1) is 11.3 Å². The largest absolute Gasteiger partial charge is 0.369 e. The van der Waals surface area contributed by atoms with E-state index in [4.69, 9.17) is 16.9 Å². The summed E-state index contributed by atoms with van der Waals surface area (Å²) in [6.45, 7) is 2.02. The maximum atomic E-state index is 8.80. The summed E-state index contributed by atoms with van der Waals surface area (Å²) in [5, 5.41) is 9.47. The van der Waals surface area contributed by atoms with Gasteiger partial charge in [0.05, 0.1) is 22.3 Å². The second kappa shape index (κ2) is 4.95. The Morgan fingerprint density at radius 1 is 1.47 bits per heavy atom. The maximum Gasteiger partial charge on any atom is 0.0992 e. The molecule has 0 radical (unpaired) electrons. The maximum absolute atomic E-state index is 8.80. The third kappa shape index (κ3) is 2.54. The molecule has 0 saturated carbocycles. The van der Waals surface area contributed by atoms with E-state index in [2.05, 4.69) is 30.0 Å². The molecular weight excluding hydrogens is 234 g/mol. The van der Waals surface area contributed by atoms with Crippen molar-refractivity contribution >= 4 is 17.3 Å². The number of benzene rings is 1. The molecule has 0 amide bonds. The molecule has 1 aliphatic rings. The molecule has 0 N–H and O–H groups in total. The molecular formula is C13H16ClN3. The van der Waals surface area contributed by atoms with Crippen molar-refractivity contribution in [3.05, 3.63) is 28.8 Å². The van der Waals surface area contributed by atoms with Crippen LogP contribution in [-0.4, -0.2) is 38.1 Å². The first-order valence-corrected chi connectivity index (χ1v) is 6.10. The summed E-state index contributed by atoms with van der Waals surface area (Å²) in [5.74, 6) is 0. The average Bonchev–Trinajstić information content (AvgIpc) is 2.78. The van der Waals surface area contributed by atoms with Crippen molar-refractivity contribution in [2.24, 2.45) is 0 Å².